The SMILES string of the molecule is COC(=O)c1ncn(CCc2nc(C)cs2)c1N. The molecule has 18 heavy (non-hydrogen) atoms. The molecule has 0 amide bonds. The van der Waals surface area contributed by atoms with E-state index < -0.39 is 5.97 Å². The molecule has 0 fully saturated rings. The third-order valence-corrected chi connectivity index (χ3v) is 3.52. The average molecular weight is 266 g/mol. The molecule has 2 heterocycles. The predicted molar refractivity (Wildman–Crippen MR) is 68.5 cm³/mol. The Kier molecular flexibility index (Phi) is 3.61. The zero-order valence-corrected chi connectivity index (χ0v) is 11.0. The first-order valence-electron chi connectivity index (χ1n) is 5.41. The number of hydrogen-bond acceptors (Lipinski definition) is 6. The number of methoxy groups -OCH3 is 1. The van der Waals surface area contributed by atoms with Gasteiger partial charge in [0.05, 0.1) is 18.4 Å². The van der Waals surface area contributed by atoms with E-state index in [0.717, 1.165) is 17.1 Å². The number of rotatable bonds is 4. The third-order valence-electron chi connectivity index (χ3n) is 2.49. The maximum atomic E-state index is 11.3. The number of esters is 1. The summed E-state index contributed by atoms with van der Waals surface area (Å²) in [6, 6.07) is 0. The number of aryl methyl sites for hydroxylation is 3. The molecule has 2 aromatic heterocycles. The number of nitrogen functional groups attached to an aromatic ring is 1. The van der Waals surface area contributed by atoms with E-state index >= 15 is 0 Å². The molecule has 0 atom stereocenters. The standard InChI is InChI=1S/C11H14N4O2S/c1-7-5-18-8(14-7)3-4-15-6-13-9(10(15)12)11(16)17-2/h5-6H,3-4,12H2,1-2H3. The van der Waals surface area contributed by atoms with Crippen LogP contribution in [0.1, 0.15) is 21.2 Å². The molecular formula is C11H14N4O2S. The number of carbonyl (C=O) groups is 1. The van der Waals surface area contributed by atoms with Crippen LogP contribution in [0.3, 0.4) is 0 Å². The minimum atomic E-state index is -0.517. The maximum absolute atomic E-state index is 11.3. The van der Waals surface area contributed by atoms with Gasteiger partial charge in [-0.3, -0.25) is 0 Å². The molecule has 0 saturated heterocycles. The van der Waals surface area contributed by atoms with E-state index in [0.29, 0.717) is 12.4 Å². The van der Waals surface area contributed by atoms with Gasteiger partial charge in [0.1, 0.15) is 5.82 Å². The smallest absolute Gasteiger partial charge is 0.360 e. The maximum Gasteiger partial charge on any atom is 0.360 e. The lowest BCUT2D eigenvalue weighted by Crippen LogP contribution is -2.09. The van der Waals surface area contributed by atoms with Crippen molar-refractivity contribution in [2.45, 2.75) is 19.9 Å². The van der Waals surface area contributed by atoms with Crippen LogP contribution in [0, 0.1) is 6.92 Å². The van der Waals surface area contributed by atoms with Gasteiger partial charge in [-0.1, -0.05) is 0 Å². The summed E-state index contributed by atoms with van der Waals surface area (Å²) in [5.41, 5.74) is 7.01. The Morgan fingerprint density at radius 1 is 1.61 bits per heavy atom. The quantitative estimate of drug-likeness (QED) is 0.842. The van der Waals surface area contributed by atoms with Crippen LogP contribution in [0.5, 0.6) is 0 Å². The van der Waals surface area contributed by atoms with Crippen molar-refractivity contribution >= 4 is 23.1 Å². The zero-order chi connectivity index (χ0) is 13.1. The molecule has 2 rings (SSSR count). The number of nitrogens with zero attached hydrogens (tertiary/aromatic N) is 3. The molecule has 0 spiro atoms. The van der Waals surface area contributed by atoms with Gasteiger partial charge in [-0.2, -0.15) is 0 Å². The Labute approximate surface area is 108 Å². The normalized spacial score (nSPS) is 10.6. The molecule has 96 valence electrons. The molecule has 0 radical (unpaired) electrons. The van der Waals surface area contributed by atoms with Crippen molar-refractivity contribution in [3.63, 3.8) is 0 Å². The molecule has 0 saturated carbocycles. The van der Waals surface area contributed by atoms with E-state index in [9.17, 15) is 4.79 Å². The Morgan fingerprint density at radius 2 is 2.39 bits per heavy atom. The number of aromatic nitrogens is 3. The Bertz CT molecular complexity index is 561. The Hall–Kier alpha value is -1.89. The number of nitrogens with two attached hydrogens (primary N) is 1. The molecule has 0 unspecified atom stereocenters. The second kappa shape index (κ2) is 5.18. The summed E-state index contributed by atoms with van der Waals surface area (Å²) in [4.78, 5) is 19.7. The summed E-state index contributed by atoms with van der Waals surface area (Å²) in [5, 5.41) is 3.05. The first-order chi connectivity index (χ1) is 8.61. The molecule has 7 heteroatoms. The van der Waals surface area contributed by atoms with Crippen LogP contribution in [0.15, 0.2) is 11.7 Å². The summed E-state index contributed by atoms with van der Waals surface area (Å²) >= 11 is 1.61. The van der Waals surface area contributed by atoms with Crippen molar-refractivity contribution < 1.29 is 9.53 Å². The van der Waals surface area contributed by atoms with Crippen LogP contribution in [-0.4, -0.2) is 27.6 Å². The van der Waals surface area contributed by atoms with Crippen LogP contribution < -0.4 is 5.73 Å². The summed E-state index contributed by atoms with van der Waals surface area (Å²) in [6.45, 7) is 2.60. The minimum Gasteiger partial charge on any atom is -0.464 e. The first-order valence-corrected chi connectivity index (χ1v) is 6.29. The van der Waals surface area contributed by atoms with Crippen LogP contribution in [0.4, 0.5) is 5.82 Å². The number of carbonyl (C=O) groups excluding carboxylic acids is 1. The molecule has 2 N–H and O–H groups in total. The minimum absolute atomic E-state index is 0.160. The van der Waals surface area contributed by atoms with Crippen molar-refractivity contribution in [2.24, 2.45) is 0 Å². The van der Waals surface area contributed by atoms with Crippen molar-refractivity contribution in [1.82, 2.24) is 14.5 Å². The van der Waals surface area contributed by atoms with Gasteiger partial charge in [-0.25, -0.2) is 14.8 Å². The van der Waals surface area contributed by atoms with E-state index in [1.54, 1.807) is 22.2 Å². The highest BCUT2D eigenvalue weighted by molar-refractivity contribution is 7.09. The van der Waals surface area contributed by atoms with E-state index in [2.05, 4.69) is 14.7 Å². The van der Waals surface area contributed by atoms with E-state index in [4.69, 9.17) is 5.73 Å². The molecule has 6 nitrogen and oxygen atoms in total. The molecule has 0 aliphatic heterocycles. The first kappa shape index (κ1) is 12.6. The van der Waals surface area contributed by atoms with Crippen molar-refractivity contribution in [2.75, 3.05) is 12.8 Å². The summed E-state index contributed by atoms with van der Waals surface area (Å²) in [7, 11) is 1.30. The third kappa shape index (κ3) is 2.51. The van der Waals surface area contributed by atoms with Gasteiger partial charge < -0.3 is 15.0 Å². The van der Waals surface area contributed by atoms with Crippen molar-refractivity contribution in [3.05, 3.63) is 28.1 Å². The summed E-state index contributed by atoms with van der Waals surface area (Å²) < 4.78 is 6.32. The van der Waals surface area contributed by atoms with E-state index in [1.807, 2.05) is 12.3 Å². The van der Waals surface area contributed by atoms with Gasteiger partial charge in [-0.05, 0) is 6.92 Å². The van der Waals surface area contributed by atoms with Gasteiger partial charge in [0.2, 0.25) is 0 Å². The van der Waals surface area contributed by atoms with E-state index in [1.165, 1.54) is 7.11 Å². The number of ether oxygens (including phenoxy) is 1. The van der Waals surface area contributed by atoms with E-state index in [-0.39, 0.29) is 5.69 Å². The number of anilines is 1. The lowest BCUT2D eigenvalue weighted by Gasteiger charge is -2.03. The fourth-order valence-electron chi connectivity index (χ4n) is 1.56. The highest BCUT2D eigenvalue weighted by atomic mass is 32.1. The molecule has 0 aliphatic rings. The second-order valence-corrected chi connectivity index (χ2v) is 4.74. The fraction of sp³-hybridized carbons (Fsp3) is 0.364. The molecule has 0 aliphatic carbocycles. The lowest BCUT2D eigenvalue weighted by molar-refractivity contribution is 0.0596. The molecular weight excluding hydrogens is 252 g/mol. The highest BCUT2D eigenvalue weighted by Gasteiger charge is 2.15. The fourth-order valence-corrected chi connectivity index (χ4v) is 2.32. The van der Waals surface area contributed by atoms with Gasteiger partial charge in [0, 0.05) is 24.0 Å². The molecule has 0 aromatic carbocycles. The summed E-state index contributed by atoms with van der Waals surface area (Å²) in [5.74, 6) is -0.188. The van der Waals surface area contributed by atoms with Crippen LogP contribution in [-0.2, 0) is 17.7 Å². The van der Waals surface area contributed by atoms with Gasteiger partial charge in [0.25, 0.3) is 0 Å². The zero-order valence-electron chi connectivity index (χ0n) is 10.2. The molecule has 0 bridgehead atoms. The summed E-state index contributed by atoms with van der Waals surface area (Å²) in [6.07, 6.45) is 2.31. The van der Waals surface area contributed by atoms with Gasteiger partial charge in [-0.15, -0.1) is 11.3 Å². The second-order valence-electron chi connectivity index (χ2n) is 3.80. The van der Waals surface area contributed by atoms with Crippen molar-refractivity contribution in [3.8, 4) is 0 Å². The average Bonchev–Trinajstić information content (AvgIpc) is 2.92. The Morgan fingerprint density at radius 3 is 3.00 bits per heavy atom. The van der Waals surface area contributed by atoms with Gasteiger partial charge in [0.15, 0.2) is 5.69 Å². The number of imidazole rings is 1. The Balaban J connectivity index is 2.06. The topological polar surface area (TPSA) is 83.0 Å². The number of hydrogen-bond donors (Lipinski definition) is 1. The van der Waals surface area contributed by atoms with Crippen LogP contribution >= 0.6 is 11.3 Å². The monoisotopic (exact) mass is 266 g/mol. The molecule has 2 aromatic rings. The number of thiazole rings is 1. The van der Waals surface area contributed by atoms with Crippen LogP contribution in [0.2, 0.25) is 0 Å². The van der Waals surface area contributed by atoms with Gasteiger partial charge >= 0.3 is 5.97 Å². The highest BCUT2D eigenvalue weighted by Crippen LogP contribution is 2.14. The largest absolute Gasteiger partial charge is 0.464 e. The van der Waals surface area contributed by atoms with Crippen LogP contribution in [0.25, 0.3) is 0 Å². The van der Waals surface area contributed by atoms with Crippen molar-refractivity contribution in [1.29, 1.82) is 0 Å². The lowest BCUT2D eigenvalue weighted by atomic mass is 10.4. The predicted octanol–water partition coefficient (Wildman–Crippen LogP) is 1.26.